The summed E-state index contributed by atoms with van der Waals surface area (Å²) in [7, 11) is 0. The van der Waals surface area contributed by atoms with Crippen molar-refractivity contribution in [2.45, 2.75) is 6.92 Å². The largest absolute Gasteiger partial charge is 0.228 e. The third-order valence-electron chi connectivity index (χ3n) is 5.87. The lowest BCUT2D eigenvalue weighted by atomic mass is 10.1. The number of hydrogen-bond acceptors (Lipinski definition) is 6. The van der Waals surface area contributed by atoms with Crippen LogP contribution < -0.4 is 0 Å². The van der Waals surface area contributed by atoms with Crippen LogP contribution in [0, 0.1) is 6.92 Å². The Bertz CT molecular complexity index is 1810. The Balaban J connectivity index is 1.41. The SMILES string of the molecule is Cc1cc(-c2ccccc2)nc2c(-c3nc4c5cnn(-c6ccccc6)c5ncn4n3)cnn12. The number of para-hydroxylation sites is 1. The quantitative estimate of drug-likeness (QED) is 0.408. The molecule has 0 unspecified atom stereocenters. The number of hydrogen-bond donors (Lipinski definition) is 0. The molecule has 2 aromatic carbocycles. The Labute approximate surface area is 193 Å². The second kappa shape index (κ2) is 7.04. The average Bonchev–Trinajstić information content (AvgIpc) is 3.61. The van der Waals surface area contributed by atoms with Gasteiger partial charge >= 0.3 is 0 Å². The molecule has 0 amide bonds. The molecule has 5 heterocycles. The number of aryl methyl sites for hydroxylation is 1. The highest BCUT2D eigenvalue weighted by atomic mass is 15.4. The monoisotopic (exact) mass is 443 g/mol. The lowest BCUT2D eigenvalue weighted by molar-refractivity contribution is 0.882. The zero-order chi connectivity index (χ0) is 22.6. The van der Waals surface area contributed by atoms with Crippen LogP contribution in [0.3, 0.4) is 0 Å². The van der Waals surface area contributed by atoms with Crippen molar-refractivity contribution >= 4 is 22.3 Å². The van der Waals surface area contributed by atoms with Crippen LogP contribution in [0.2, 0.25) is 0 Å². The summed E-state index contributed by atoms with van der Waals surface area (Å²) in [5, 5.41) is 14.6. The van der Waals surface area contributed by atoms with E-state index in [1.807, 2.05) is 78.2 Å². The fourth-order valence-electron chi connectivity index (χ4n) is 4.22. The van der Waals surface area contributed by atoms with Crippen molar-refractivity contribution in [1.82, 2.24) is 44.0 Å². The molecular formula is C25H17N9. The summed E-state index contributed by atoms with van der Waals surface area (Å²) in [6.07, 6.45) is 5.20. The Morgan fingerprint density at radius 3 is 2.38 bits per heavy atom. The minimum absolute atomic E-state index is 0.536. The van der Waals surface area contributed by atoms with E-state index in [0.717, 1.165) is 39.2 Å². The molecule has 9 heteroatoms. The van der Waals surface area contributed by atoms with Crippen molar-refractivity contribution in [1.29, 1.82) is 0 Å². The number of aromatic nitrogens is 9. The van der Waals surface area contributed by atoms with E-state index in [-0.39, 0.29) is 0 Å². The van der Waals surface area contributed by atoms with Crippen LogP contribution in [0.25, 0.3) is 50.7 Å². The number of rotatable bonds is 3. The molecule has 0 aliphatic rings. The molecule has 0 N–H and O–H groups in total. The van der Waals surface area contributed by atoms with Crippen LogP contribution in [0.4, 0.5) is 0 Å². The van der Waals surface area contributed by atoms with E-state index in [2.05, 4.69) is 20.3 Å². The van der Waals surface area contributed by atoms with Crippen molar-refractivity contribution in [3.63, 3.8) is 0 Å². The van der Waals surface area contributed by atoms with E-state index < -0.39 is 0 Å². The molecule has 0 atom stereocenters. The molecule has 5 aromatic heterocycles. The summed E-state index contributed by atoms with van der Waals surface area (Å²) in [5.74, 6) is 0.536. The van der Waals surface area contributed by atoms with Crippen molar-refractivity contribution < 1.29 is 0 Å². The van der Waals surface area contributed by atoms with Gasteiger partial charge in [-0.2, -0.15) is 10.2 Å². The van der Waals surface area contributed by atoms with E-state index in [9.17, 15) is 0 Å². The van der Waals surface area contributed by atoms with Gasteiger partial charge in [-0.25, -0.2) is 28.7 Å². The maximum Gasteiger partial charge on any atom is 0.187 e. The van der Waals surface area contributed by atoms with E-state index in [4.69, 9.17) is 9.97 Å². The molecule has 9 nitrogen and oxygen atoms in total. The Hall–Kier alpha value is -4.92. The molecule has 0 aliphatic carbocycles. The fraction of sp³-hybridized carbons (Fsp3) is 0.0400. The van der Waals surface area contributed by atoms with Gasteiger partial charge in [0.2, 0.25) is 0 Å². The Morgan fingerprint density at radius 2 is 1.56 bits per heavy atom. The van der Waals surface area contributed by atoms with Gasteiger partial charge in [-0.1, -0.05) is 48.5 Å². The van der Waals surface area contributed by atoms with Crippen LogP contribution >= 0.6 is 0 Å². The molecule has 7 aromatic rings. The third-order valence-corrected chi connectivity index (χ3v) is 5.87. The molecular weight excluding hydrogens is 426 g/mol. The maximum absolute atomic E-state index is 4.90. The van der Waals surface area contributed by atoms with Gasteiger partial charge in [0.15, 0.2) is 22.8 Å². The van der Waals surface area contributed by atoms with Crippen molar-refractivity contribution in [2.24, 2.45) is 0 Å². The highest BCUT2D eigenvalue weighted by Gasteiger charge is 2.19. The zero-order valence-electron chi connectivity index (χ0n) is 18.1. The second-order valence-corrected chi connectivity index (χ2v) is 8.02. The normalized spacial score (nSPS) is 11.7. The predicted octanol–water partition coefficient (Wildman–Crippen LogP) is 4.15. The first kappa shape index (κ1) is 18.6. The van der Waals surface area contributed by atoms with Crippen molar-refractivity contribution in [3.8, 4) is 28.3 Å². The first-order valence-electron chi connectivity index (χ1n) is 10.8. The van der Waals surface area contributed by atoms with E-state index >= 15 is 0 Å². The lowest BCUT2D eigenvalue weighted by Crippen LogP contribution is -1.98. The number of nitrogens with zero attached hydrogens (tertiary/aromatic N) is 9. The highest BCUT2D eigenvalue weighted by molar-refractivity contribution is 5.90. The molecule has 34 heavy (non-hydrogen) atoms. The summed E-state index contributed by atoms with van der Waals surface area (Å²) < 4.78 is 5.29. The number of benzene rings is 2. The van der Waals surface area contributed by atoms with Crippen molar-refractivity contribution in [2.75, 3.05) is 0 Å². The molecule has 0 fully saturated rings. The van der Waals surface area contributed by atoms with E-state index in [1.165, 1.54) is 0 Å². The van der Waals surface area contributed by atoms with E-state index in [1.54, 1.807) is 27.9 Å². The summed E-state index contributed by atoms with van der Waals surface area (Å²) in [4.78, 5) is 14.3. The second-order valence-electron chi connectivity index (χ2n) is 8.02. The molecule has 0 aliphatic heterocycles. The first-order chi connectivity index (χ1) is 16.8. The van der Waals surface area contributed by atoms with Crippen LogP contribution in [-0.4, -0.2) is 44.0 Å². The van der Waals surface area contributed by atoms with Gasteiger partial charge in [0, 0.05) is 11.3 Å². The minimum Gasteiger partial charge on any atom is -0.228 e. The molecule has 0 saturated carbocycles. The van der Waals surface area contributed by atoms with Gasteiger partial charge in [-0.05, 0) is 25.1 Å². The molecule has 162 valence electrons. The Morgan fingerprint density at radius 1 is 0.765 bits per heavy atom. The smallest absolute Gasteiger partial charge is 0.187 e. The van der Waals surface area contributed by atoms with Crippen LogP contribution in [0.5, 0.6) is 0 Å². The summed E-state index contributed by atoms with van der Waals surface area (Å²) in [5.41, 5.74) is 6.70. The molecule has 0 radical (unpaired) electrons. The first-order valence-corrected chi connectivity index (χ1v) is 10.8. The van der Waals surface area contributed by atoms with Gasteiger partial charge in [0.1, 0.15) is 6.33 Å². The van der Waals surface area contributed by atoms with Crippen molar-refractivity contribution in [3.05, 3.63) is 91.1 Å². The van der Waals surface area contributed by atoms with Gasteiger partial charge in [-0.3, -0.25) is 0 Å². The molecule has 0 saturated heterocycles. The molecule has 7 rings (SSSR count). The molecule has 0 spiro atoms. The highest BCUT2D eigenvalue weighted by Crippen LogP contribution is 2.27. The maximum atomic E-state index is 4.90. The summed E-state index contributed by atoms with van der Waals surface area (Å²) in [6.45, 7) is 2.01. The van der Waals surface area contributed by atoms with Gasteiger partial charge in [0.05, 0.1) is 34.7 Å². The minimum atomic E-state index is 0.536. The third kappa shape index (κ3) is 2.73. The predicted molar refractivity (Wildman–Crippen MR) is 128 cm³/mol. The average molecular weight is 443 g/mol. The van der Waals surface area contributed by atoms with E-state index in [0.29, 0.717) is 17.1 Å². The molecule has 0 bridgehead atoms. The van der Waals surface area contributed by atoms with Gasteiger partial charge in [-0.15, -0.1) is 5.10 Å². The van der Waals surface area contributed by atoms with Crippen LogP contribution in [-0.2, 0) is 0 Å². The summed E-state index contributed by atoms with van der Waals surface area (Å²) in [6, 6.07) is 22.0. The van der Waals surface area contributed by atoms with Gasteiger partial charge < -0.3 is 0 Å². The van der Waals surface area contributed by atoms with Crippen LogP contribution in [0.1, 0.15) is 5.69 Å². The number of fused-ring (bicyclic) bond motifs is 4. The summed E-state index contributed by atoms with van der Waals surface area (Å²) >= 11 is 0. The Kier molecular flexibility index (Phi) is 3.86. The topological polar surface area (TPSA) is 91.1 Å². The fourth-order valence-corrected chi connectivity index (χ4v) is 4.22. The van der Waals surface area contributed by atoms with Gasteiger partial charge in [0.25, 0.3) is 0 Å². The zero-order valence-corrected chi connectivity index (χ0v) is 18.1. The standard InChI is InChI=1S/C25H17N9/c1-16-12-21(17-8-4-2-5-9-17)29-25-19(13-27-33(16)25)22-30-24-20-14-28-34(18-10-6-3-7-11-18)23(20)26-15-32(24)31-22/h2-15H,1H3. The van der Waals surface area contributed by atoms with Crippen LogP contribution in [0.15, 0.2) is 85.5 Å². The lowest BCUT2D eigenvalue weighted by Gasteiger charge is -2.05.